The SMILES string of the molecule is CCOc1cc(F)ccc1NCc1csc(C(C)(C)C)n1. The molecule has 2 aromatic rings. The molecule has 1 heterocycles. The summed E-state index contributed by atoms with van der Waals surface area (Å²) in [6.45, 7) is 9.43. The van der Waals surface area contributed by atoms with E-state index >= 15 is 0 Å². The van der Waals surface area contributed by atoms with Gasteiger partial charge in [-0.05, 0) is 19.1 Å². The molecule has 1 N–H and O–H groups in total. The molecular weight excluding hydrogens is 287 g/mol. The number of hydrogen-bond donors (Lipinski definition) is 1. The lowest BCUT2D eigenvalue weighted by atomic mass is 9.98. The average Bonchev–Trinajstić information content (AvgIpc) is 2.87. The molecule has 21 heavy (non-hydrogen) atoms. The van der Waals surface area contributed by atoms with E-state index in [0.29, 0.717) is 18.9 Å². The topological polar surface area (TPSA) is 34.1 Å². The minimum absolute atomic E-state index is 0.0648. The molecular formula is C16H21FN2OS. The summed E-state index contributed by atoms with van der Waals surface area (Å²) in [6, 6.07) is 4.51. The number of halogens is 1. The zero-order valence-electron chi connectivity index (χ0n) is 12.9. The van der Waals surface area contributed by atoms with E-state index in [1.54, 1.807) is 17.4 Å². The van der Waals surface area contributed by atoms with Crippen LogP contribution < -0.4 is 10.1 Å². The molecule has 0 fully saturated rings. The fraction of sp³-hybridized carbons (Fsp3) is 0.438. The van der Waals surface area contributed by atoms with Crippen molar-refractivity contribution >= 4 is 17.0 Å². The molecule has 0 saturated heterocycles. The largest absolute Gasteiger partial charge is 0.492 e. The number of benzene rings is 1. The Kier molecular flexibility index (Phi) is 4.83. The van der Waals surface area contributed by atoms with Gasteiger partial charge < -0.3 is 10.1 Å². The molecule has 0 saturated carbocycles. The maximum atomic E-state index is 13.2. The smallest absolute Gasteiger partial charge is 0.145 e. The van der Waals surface area contributed by atoms with Crippen LogP contribution in [0.15, 0.2) is 23.6 Å². The van der Waals surface area contributed by atoms with E-state index in [0.717, 1.165) is 16.4 Å². The van der Waals surface area contributed by atoms with Crippen molar-refractivity contribution in [2.24, 2.45) is 0 Å². The van der Waals surface area contributed by atoms with Crippen LogP contribution in [0, 0.1) is 5.82 Å². The van der Waals surface area contributed by atoms with Gasteiger partial charge in [-0.3, -0.25) is 0 Å². The fourth-order valence-corrected chi connectivity index (χ4v) is 2.74. The Labute approximate surface area is 129 Å². The number of hydrogen-bond acceptors (Lipinski definition) is 4. The third kappa shape index (κ3) is 4.17. The summed E-state index contributed by atoms with van der Waals surface area (Å²) in [6.07, 6.45) is 0. The molecule has 5 heteroatoms. The van der Waals surface area contributed by atoms with E-state index in [-0.39, 0.29) is 11.2 Å². The summed E-state index contributed by atoms with van der Waals surface area (Å²) in [5, 5.41) is 6.43. The van der Waals surface area contributed by atoms with Gasteiger partial charge in [0, 0.05) is 16.9 Å². The van der Waals surface area contributed by atoms with Gasteiger partial charge in [0.05, 0.1) is 29.5 Å². The van der Waals surface area contributed by atoms with Crippen LogP contribution in [0.3, 0.4) is 0 Å². The summed E-state index contributed by atoms with van der Waals surface area (Å²) >= 11 is 1.67. The van der Waals surface area contributed by atoms with Crippen molar-refractivity contribution in [3.05, 3.63) is 40.1 Å². The van der Waals surface area contributed by atoms with E-state index < -0.39 is 0 Å². The van der Waals surface area contributed by atoms with Gasteiger partial charge >= 0.3 is 0 Å². The first-order valence-corrected chi connectivity index (χ1v) is 7.89. The normalized spacial score (nSPS) is 11.5. The zero-order valence-corrected chi connectivity index (χ0v) is 13.7. The van der Waals surface area contributed by atoms with Crippen LogP contribution in [0.4, 0.5) is 10.1 Å². The predicted molar refractivity (Wildman–Crippen MR) is 85.7 cm³/mol. The van der Waals surface area contributed by atoms with E-state index in [1.807, 2.05) is 6.92 Å². The second-order valence-electron chi connectivity index (χ2n) is 5.82. The highest BCUT2D eigenvalue weighted by Gasteiger charge is 2.18. The summed E-state index contributed by atoms with van der Waals surface area (Å²) in [4.78, 5) is 4.63. The van der Waals surface area contributed by atoms with Crippen molar-refractivity contribution in [2.45, 2.75) is 39.7 Å². The van der Waals surface area contributed by atoms with E-state index in [4.69, 9.17) is 4.74 Å². The van der Waals surface area contributed by atoms with Crippen LogP contribution in [0.2, 0.25) is 0 Å². The van der Waals surface area contributed by atoms with Gasteiger partial charge in [0.25, 0.3) is 0 Å². The molecule has 114 valence electrons. The summed E-state index contributed by atoms with van der Waals surface area (Å²) in [7, 11) is 0. The molecule has 0 aliphatic carbocycles. The highest BCUT2D eigenvalue weighted by Crippen LogP contribution is 2.28. The molecule has 0 radical (unpaired) electrons. The lowest BCUT2D eigenvalue weighted by Crippen LogP contribution is -2.11. The van der Waals surface area contributed by atoms with Crippen molar-refractivity contribution in [1.29, 1.82) is 0 Å². The second-order valence-corrected chi connectivity index (χ2v) is 6.68. The number of thiazole rings is 1. The first-order chi connectivity index (χ1) is 9.90. The zero-order chi connectivity index (χ0) is 15.5. The van der Waals surface area contributed by atoms with Crippen molar-refractivity contribution in [2.75, 3.05) is 11.9 Å². The maximum Gasteiger partial charge on any atom is 0.145 e. The minimum Gasteiger partial charge on any atom is -0.492 e. The Bertz CT molecular complexity index is 605. The number of rotatable bonds is 5. The van der Waals surface area contributed by atoms with Crippen LogP contribution in [0.5, 0.6) is 5.75 Å². The highest BCUT2D eigenvalue weighted by molar-refractivity contribution is 7.09. The molecule has 2 rings (SSSR count). The molecule has 3 nitrogen and oxygen atoms in total. The summed E-state index contributed by atoms with van der Waals surface area (Å²) in [5.74, 6) is 0.233. The summed E-state index contributed by atoms with van der Waals surface area (Å²) in [5.41, 5.74) is 1.83. The standard InChI is InChI=1S/C16H21FN2OS/c1-5-20-14-8-11(17)6-7-13(14)18-9-12-10-21-15(19-12)16(2,3)4/h6-8,10,18H,5,9H2,1-4H3. The van der Waals surface area contributed by atoms with Crippen LogP contribution >= 0.6 is 11.3 Å². The van der Waals surface area contributed by atoms with Gasteiger partial charge in [0.1, 0.15) is 11.6 Å². The Balaban J connectivity index is 2.08. The van der Waals surface area contributed by atoms with Crippen molar-refractivity contribution in [1.82, 2.24) is 4.98 Å². The molecule has 0 aliphatic heterocycles. The number of aromatic nitrogens is 1. The van der Waals surface area contributed by atoms with E-state index in [1.165, 1.54) is 12.1 Å². The Hall–Kier alpha value is -1.62. The first-order valence-electron chi connectivity index (χ1n) is 7.01. The van der Waals surface area contributed by atoms with Gasteiger partial charge in [0.2, 0.25) is 0 Å². The lowest BCUT2D eigenvalue weighted by molar-refractivity contribution is 0.339. The number of nitrogens with zero attached hydrogens (tertiary/aromatic N) is 1. The van der Waals surface area contributed by atoms with Crippen LogP contribution in [-0.4, -0.2) is 11.6 Å². The molecule has 0 bridgehead atoms. The highest BCUT2D eigenvalue weighted by atomic mass is 32.1. The molecule has 0 atom stereocenters. The Morgan fingerprint density at radius 1 is 1.33 bits per heavy atom. The van der Waals surface area contributed by atoms with Gasteiger partial charge in [-0.15, -0.1) is 11.3 Å². The number of ether oxygens (including phenoxy) is 1. The predicted octanol–water partition coefficient (Wildman–Crippen LogP) is 4.59. The van der Waals surface area contributed by atoms with Crippen LogP contribution in [-0.2, 0) is 12.0 Å². The number of anilines is 1. The monoisotopic (exact) mass is 308 g/mol. The average molecular weight is 308 g/mol. The van der Waals surface area contributed by atoms with Crippen LogP contribution in [0.25, 0.3) is 0 Å². The van der Waals surface area contributed by atoms with Crippen LogP contribution in [0.1, 0.15) is 38.4 Å². The second kappa shape index (κ2) is 6.43. The summed E-state index contributed by atoms with van der Waals surface area (Å²) < 4.78 is 18.7. The van der Waals surface area contributed by atoms with Gasteiger partial charge in [-0.1, -0.05) is 20.8 Å². The first kappa shape index (κ1) is 15.8. The fourth-order valence-electron chi connectivity index (χ4n) is 1.84. The molecule has 0 aliphatic rings. The minimum atomic E-state index is -0.298. The molecule has 0 spiro atoms. The van der Waals surface area contributed by atoms with Gasteiger partial charge in [-0.25, -0.2) is 9.37 Å². The lowest BCUT2D eigenvalue weighted by Gasteiger charge is -2.14. The van der Waals surface area contributed by atoms with Crippen molar-refractivity contribution in [3.63, 3.8) is 0 Å². The molecule has 0 unspecified atom stereocenters. The Morgan fingerprint density at radius 3 is 2.71 bits per heavy atom. The third-order valence-electron chi connectivity index (χ3n) is 2.90. The molecule has 1 aromatic carbocycles. The van der Waals surface area contributed by atoms with Crippen molar-refractivity contribution in [3.8, 4) is 5.75 Å². The molecule has 1 aromatic heterocycles. The van der Waals surface area contributed by atoms with Crippen molar-refractivity contribution < 1.29 is 9.13 Å². The van der Waals surface area contributed by atoms with E-state index in [9.17, 15) is 4.39 Å². The van der Waals surface area contributed by atoms with E-state index in [2.05, 4.69) is 36.5 Å². The maximum absolute atomic E-state index is 13.2. The quantitative estimate of drug-likeness (QED) is 0.877. The van der Waals surface area contributed by atoms with Gasteiger partial charge in [-0.2, -0.15) is 0 Å². The molecule has 0 amide bonds. The van der Waals surface area contributed by atoms with Gasteiger partial charge in [0.15, 0.2) is 0 Å². The third-order valence-corrected chi connectivity index (χ3v) is 4.21. The number of nitrogens with one attached hydrogen (secondary N) is 1. The Morgan fingerprint density at radius 2 is 2.10 bits per heavy atom.